The number of carbonyl (C=O) groups is 2. The van der Waals surface area contributed by atoms with Gasteiger partial charge >= 0.3 is 0 Å². The molecule has 1 atom stereocenters. The fraction of sp³-hybridized carbons (Fsp3) is 0.500. The standard InChI is InChI=1S/C18H23ClN2O4S2/c1-12(22)15-8-13(19)4-5-16(15)25-10-14-9-21(6-7-24-14)17(23)11-27-18(26)20(2)3/h4-5,8,14H,6-7,9-11H2,1-3H3. The van der Waals surface area contributed by atoms with E-state index in [0.29, 0.717) is 46.1 Å². The molecule has 0 aliphatic carbocycles. The molecule has 1 fully saturated rings. The molecule has 6 nitrogen and oxygen atoms in total. The summed E-state index contributed by atoms with van der Waals surface area (Å²) in [6.07, 6.45) is -0.260. The Bertz CT molecular complexity index is 715. The number of ether oxygens (including phenoxy) is 2. The first-order chi connectivity index (χ1) is 12.8. The first-order valence-corrected chi connectivity index (χ1v) is 10.2. The molecule has 2 rings (SSSR count). The van der Waals surface area contributed by atoms with Gasteiger partial charge in [-0.15, -0.1) is 0 Å². The Hall–Kier alpha value is -1.35. The molecule has 0 N–H and O–H groups in total. The van der Waals surface area contributed by atoms with Crippen molar-refractivity contribution >= 4 is 51.6 Å². The fourth-order valence-electron chi connectivity index (χ4n) is 2.48. The van der Waals surface area contributed by atoms with Crippen molar-refractivity contribution in [2.24, 2.45) is 0 Å². The average Bonchev–Trinajstić information content (AvgIpc) is 2.64. The second-order valence-electron chi connectivity index (χ2n) is 6.29. The highest BCUT2D eigenvalue weighted by atomic mass is 35.5. The number of benzene rings is 1. The molecule has 1 saturated heterocycles. The number of hydrogen-bond acceptors (Lipinski definition) is 6. The zero-order chi connectivity index (χ0) is 20.0. The highest BCUT2D eigenvalue weighted by Crippen LogP contribution is 2.24. The van der Waals surface area contributed by atoms with Crippen LogP contribution in [-0.2, 0) is 9.53 Å². The Morgan fingerprint density at radius 3 is 2.85 bits per heavy atom. The molecule has 0 radical (unpaired) electrons. The Morgan fingerprint density at radius 2 is 2.19 bits per heavy atom. The number of amides is 1. The maximum absolute atomic E-state index is 12.4. The molecule has 1 aromatic carbocycles. The van der Waals surface area contributed by atoms with Crippen LogP contribution in [0.25, 0.3) is 0 Å². The van der Waals surface area contributed by atoms with Crippen LogP contribution in [-0.4, -0.2) is 78.1 Å². The lowest BCUT2D eigenvalue weighted by atomic mass is 10.1. The van der Waals surface area contributed by atoms with Gasteiger partial charge in [0.2, 0.25) is 5.91 Å². The molecule has 0 saturated carbocycles. The predicted octanol–water partition coefficient (Wildman–Crippen LogP) is 2.73. The van der Waals surface area contributed by atoms with E-state index < -0.39 is 0 Å². The molecular weight excluding hydrogens is 408 g/mol. The number of nitrogens with zero attached hydrogens (tertiary/aromatic N) is 2. The van der Waals surface area contributed by atoms with Crippen LogP contribution >= 0.6 is 35.6 Å². The number of morpholine rings is 1. The van der Waals surface area contributed by atoms with Gasteiger partial charge in [0.15, 0.2) is 5.78 Å². The number of ketones is 1. The van der Waals surface area contributed by atoms with Crippen LogP contribution in [0.1, 0.15) is 17.3 Å². The molecule has 1 unspecified atom stereocenters. The zero-order valence-corrected chi connectivity index (χ0v) is 18.0. The molecule has 1 aliphatic heterocycles. The first kappa shape index (κ1) is 21.9. The second-order valence-corrected chi connectivity index (χ2v) is 8.33. The minimum Gasteiger partial charge on any atom is -0.490 e. The van der Waals surface area contributed by atoms with Crippen LogP contribution in [0.5, 0.6) is 5.75 Å². The van der Waals surface area contributed by atoms with Crippen molar-refractivity contribution in [1.82, 2.24) is 9.80 Å². The number of hydrogen-bond donors (Lipinski definition) is 0. The number of halogens is 1. The van der Waals surface area contributed by atoms with E-state index in [9.17, 15) is 9.59 Å². The van der Waals surface area contributed by atoms with Crippen LogP contribution < -0.4 is 4.74 Å². The molecule has 1 heterocycles. The van der Waals surface area contributed by atoms with Crippen molar-refractivity contribution in [3.63, 3.8) is 0 Å². The zero-order valence-electron chi connectivity index (χ0n) is 15.6. The van der Waals surface area contributed by atoms with Gasteiger partial charge in [-0.1, -0.05) is 35.6 Å². The van der Waals surface area contributed by atoms with Crippen molar-refractivity contribution in [2.75, 3.05) is 46.2 Å². The maximum Gasteiger partial charge on any atom is 0.233 e. The van der Waals surface area contributed by atoms with Crippen LogP contribution in [0.3, 0.4) is 0 Å². The smallest absolute Gasteiger partial charge is 0.233 e. The highest BCUT2D eigenvalue weighted by Gasteiger charge is 2.25. The number of thioether (sulfide) groups is 1. The van der Waals surface area contributed by atoms with E-state index >= 15 is 0 Å². The van der Waals surface area contributed by atoms with Crippen molar-refractivity contribution in [3.8, 4) is 5.75 Å². The summed E-state index contributed by atoms with van der Waals surface area (Å²) in [6.45, 7) is 3.14. The van der Waals surface area contributed by atoms with Gasteiger partial charge in [0.05, 0.1) is 24.5 Å². The van der Waals surface area contributed by atoms with Gasteiger partial charge in [0.25, 0.3) is 0 Å². The molecule has 27 heavy (non-hydrogen) atoms. The van der Waals surface area contributed by atoms with E-state index in [1.54, 1.807) is 23.1 Å². The summed E-state index contributed by atoms with van der Waals surface area (Å²) in [5.41, 5.74) is 0.430. The monoisotopic (exact) mass is 430 g/mol. The molecule has 9 heteroatoms. The lowest BCUT2D eigenvalue weighted by Crippen LogP contribution is -2.48. The molecule has 148 valence electrons. The summed E-state index contributed by atoms with van der Waals surface area (Å²) in [6, 6.07) is 4.93. The van der Waals surface area contributed by atoms with Crippen molar-refractivity contribution in [1.29, 1.82) is 0 Å². The lowest BCUT2D eigenvalue weighted by Gasteiger charge is -2.33. The molecule has 0 bridgehead atoms. The first-order valence-electron chi connectivity index (χ1n) is 8.44. The minimum absolute atomic E-state index is 0.0217. The average molecular weight is 431 g/mol. The third-order valence-electron chi connectivity index (χ3n) is 3.92. The van der Waals surface area contributed by atoms with Gasteiger partial charge in [-0.3, -0.25) is 9.59 Å². The van der Waals surface area contributed by atoms with Crippen LogP contribution in [0.2, 0.25) is 5.02 Å². The van der Waals surface area contributed by atoms with E-state index in [-0.39, 0.29) is 24.4 Å². The number of thiocarbonyl (C=S) groups is 1. The quantitative estimate of drug-likeness (QED) is 0.508. The Kier molecular flexibility index (Phi) is 8.34. The fourth-order valence-corrected chi connectivity index (χ4v) is 3.51. The second kappa shape index (κ2) is 10.3. The van der Waals surface area contributed by atoms with E-state index in [1.807, 2.05) is 19.0 Å². The summed E-state index contributed by atoms with van der Waals surface area (Å²) < 4.78 is 12.1. The topological polar surface area (TPSA) is 59.1 Å². The minimum atomic E-state index is -0.260. The highest BCUT2D eigenvalue weighted by molar-refractivity contribution is 8.23. The summed E-state index contributed by atoms with van der Waals surface area (Å²) in [5.74, 6) is 0.665. The molecule has 1 amide bonds. The van der Waals surface area contributed by atoms with Gasteiger partial charge in [-0.2, -0.15) is 0 Å². The van der Waals surface area contributed by atoms with Crippen molar-refractivity contribution < 1.29 is 19.1 Å². The van der Waals surface area contributed by atoms with Crippen molar-refractivity contribution in [2.45, 2.75) is 13.0 Å². The molecule has 0 spiro atoms. The number of Topliss-reactive ketones (excluding diaryl/α,β-unsaturated/α-hetero) is 1. The van der Waals surface area contributed by atoms with E-state index in [2.05, 4.69) is 0 Å². The van der Waals surface area contributed by atoms with Gasteiger partial charge in [0, 0.05) is 25.7 Å². The normalized spacial score (nSPS) is 16.7. The van der Waals surface area contributed by atoms with Gasteiger partial charge in [0.1, 0.15) is 22.8 Å². The molecule has 1 aromatic rings. The summed E-state index contributed by atoms with van der Waals surface area (Å²) in [7, 11) is 3.71. The lowest BCUT2D eigenvalue weighted by molar-refractivity contribution is -0.137. The Labute approximate surface area is 174 Å². The van der Waals surface area contributed by atoms with Crippen LogP contribution in [0, 0.1) is 0 Å². The van der Waals surface area contributed by atoms with E-state index in [4.69, 9.17) is 33.3 Å². The molecule has 1 aliphatic rings. The van der Waals surface area contributed by atoms with Gasteiger partial charge in [-0.05, 0) is 25.1 Å². The molecular formula is C18H23ClN2O4S2. The third-order valence-corrected chi connectivity index (χ3v) is 5.88. The number of rotatable bonds is 6. The summed E-state index contributed by atoms with van der Waals surface area (Å²) in [5, 5.41) is 0.478. The van der Waals surface area contributed by atoms with Gasteiger partial charge in [-0.25, -0.2) is 0 Å². The third kappa shape index (κ3) is 6.64. The maximum atomic E-state index is 12.4. The largest absolute Gasteiger partial charge is 0.490 e. The van der Waals surface area contributed by atoms with Crippen molar-refractivity contribution in [3.05, 3.63) is 28.8 Å². The SMILES string of the molecule is CC(=O)c1cc(Cl)ccc1OCC1CN(C(=O)CSC(=S)N(C)C)CCO1. The Balaban J connectivity index is 1.89. The number of carbonyl (C=O) groups excluding carboxylic acids is 2. The van der Waals surface area contributed by atoms with Gasteiger partial charge < -0.3 is 19.3 Å². The molecule has 0 aromatic heterocycles. The van der Waals surface area contributed by atoms with Crippen LogP contribution in [0.15, 0.2) is 18.2 Å². The summed E-state index contributed by atoms with van der Waals surface area (Å²) >= 11 is 12.5. The van der Waals surface area contributed by atoms with E-state index in [1.165, 1.54) is 18.7 Å². The summed E-state index contributed by atoms with van der Waals surface area (Å²) in [4.78, 5) is 27.7. The van der Waals surface area contributed by atoms with E-state index in [0.717, 1.165) is 0 Å². The Morgan fingerprint density at radius 1 is 1.44 bits per heavy atom. The van der Waals surface area contributed by atoms with Crippen LogP contribution in [0.4, 0.5) is 0 Å². The predicted molar refractivity (Wildman–Crippen MR) is 112 cm³/mol.